The van der Waals surface area contributed by atoms with Crippen molar-refractivity contribution in [3.63, 3.8) is 0 Å². The van der Waals surface area contributed by atoms with Crippen molar-refractivity contribution >= 4 is 0 Å². The zero-order chi connectivity index (χ0) is 18.1. The maximum atomic E-state index is 14.2. The summed E-state index contributed by atoms with van der Waals surface area (Å²) in [4.78, 5) is 6.06. The van der Waals surface area contributed by atoms with Crippen molar-refractivity contribution in [1.29, 1.82) is 0 Å². The molecule has 2 fully saturated rings. The highest BCUT2D eigenvalue weighted by molar-refractivity contribution is 5.33. The minimum Gasteiger partial charge on any atom is -0.481 e. The lowest BCUT2D eigenvalue weighted by Crippen LogP contribution is -2.43. The van der Waals surface area contributed by atoms with E-state index in [4.69, 9.17) is 4.74 Å². The van der Waals surface area contributed by atoms with Crippen LogP contribution in [-0.2, 0) is 6.54 Å². The van der Waals surface area contributed by atoms with Gasteiger partial charge in [-0.2, -0.15) is 0 Å². The molecule has 2 aliphatic heterocycles. The highest BCUT2D eigenvalue weighted by Crippen LogP contribution is 2.39. The lowest BCUT2D eigenvalue weighted by molar-refractivity contribution is -0.0569. The van der Waals surface area contributed by atoms with Gasteiger partial charge in [0.25, 0.3) is 11.8 Å². The highest BCUT2D eigenvalue weighted by atomic mass is 19.3. The predicted octanol–water partition coefficient (Wildman–Crippen LogP) is 3.03. The van der Waals surface area contributed by atoms with Crippen LogP contribution in [0.4, 0.5) is 17.6 Å². The van der Waals surface area contributed by atoms with Gasteiger partial charge in [-0.15, -0.1) is 0 Å². The number of aromatic nitrogens is 1. The van der Waals surface area contributed by atoms with Gasteiger partial charge < -0.3 is 10.1 Å². The van der Waals surface area contributed by atoms with E-state index in [2.05, 4.69) is 10.3 Å². The maximum Gasteiger partial charge on any atom is 0.257 e. The Morgan fingerprint density at radius 1 is 1.24 bits per heavy atom. The number of halogens is 4. The number of methoxy groups -OCH3 is 1. The number of nitrogens with one attached hydrogen (secondary N) is 1. The largest absolute Gasteiger partial charge is 0.481 e. The van der Waals surface area contributed by atoms with Crippen LogP contribution in [0, 0.1) is 0 Å². The first-order valence-corrected chi connectivity index (χ1v) is 8.52. The monoisotopic (exact) mass is 361 g/mol. The van der Waals surface area contributed by atoms with E-state index in [1.165, 1.54) is 13.3 Å². The molecule has 0 amide bonds. The molecule has 25 heavy (non-hydrogen) atoms. The minimum atomic E-state index is -2.79. The molecule has 1 unspecified atom stereocenters. The van der Waals surface area contributed by atoms with Crippen LogP contribution < -0.4 is 10.1 Å². The third-order valence-corrected chi connectivity index (χ3v) is 5.02. The lowest BCUT2D eigenvalue weighted by atomic mass is 9.88. The summed E-state index contributed by atoms with van der Waals surface area (Å²) in [5, 5.41) is 2.99. The van der Waals surface area contributed by atoms with Crippen LogP contribution in [0.15, 0.2) is 12.3 Å². The van der Waals surface area contributed by atoms with Crippen molar-refractivity contribution in [1.82, 2.24) is 15.2 Å². The van der Waals surface area contributed by atoms with Gasteiger partial charge in [0.2, 0.25) is 5.88 Å². The number of hydrogen-bond acceptors (Lipinski definition) is 4. The molecule has 0 aromatic carbocycles. The average Bonchev–Trinajstić information content (AvgIpc) is 2.56. The van der Waals surface area contributed by atoms with E-state index >= 15 is 0 Å². The SMILES string of the molecule is COc1ncc(C2CNCCC2(F)F)cc1CN1CCC(F)(F)CC1. The topological polar surface area (TPSA) is 37.4 Å². The molecule has 4 nitrogen and oxygen atoms in total. The van der Waals surface area contributed by atoms with Crippen LogP contribution in [0.5, 0.6) is 5.88 Å². The Balaban J connectivity index is 1.78. The van der Waals surface area contributed by atoms with E-state index < -0.39 is 17.8 Å². The summed E-state index contributed by atoms with van der Waals surface area (Å²) in [7, 11) is 1.46. The first kappa shape index (κ1) is 18.4. The Hall–Kier alpha value is -1.41. The van der Waals surface area contributed by atoms with Gasteiger partial charge in [-0.3, -0.25) is 4.90 Å². The molecule has 8 heteroatoms. The summed E-state index contributed by atoms with van der Waals surface area (Å²) < 4.78 is 60.3. The molecular weight excluding hydrogens is 338 g/mol. The number of hydrogen-bond donors (Lipinski definition) is 1. The van der Waals surface area contributed by atoms with Crippen LogP contribution >= 0.6 is 0 Å². The van der Waals surface area contributed by atoms with Gasteiger partial charge in [0.05, 0.1) is 13.0 Å². The quantitative estimate of drug-likeness (QED) is 0.837. The number of nitrogens with zero attached hydrogens (tertiary/aromatic N) is 2. The lowest BCUT2D eigenvalue weighted by Gasteiger charge is -2.33. The van der Waals surface area contributed by atoms with Crippen molar-refractivity contribution in [2.75, 3.05) is 33.3 Å². The summed E-state index contributed by atoms with van der Waals surface area (Å²) in [6.07, 6.45) is 0.846. The van der Waals surface area contributed by atoms with Crippen LogP contribution in [0.2, 0.25) is 0 Å². The third kappa shape index (κ3) is 4.23. The molecule has 1 aromatic rings. The molecule has 0 spiro atoms. The van der Waals surface area contributed by atoms with E-state index in [0.717, 1.165) is 0 Å². The second kappa shape index (κ2) is 7.07. The number of piperidine rings is 2. The Kier molecular flexibility index (Phi) is 5.20. The number of alkyl halides is 4. The summed E-state index contributed by atoms with van der Waals surface area (Å²) in [6.45, 7) is 1.38. The maximum absolute atomic E-state index is 14.2. The van der Waals surface area contributed by atoms with Crippen LogP contribution in [0.3, 0.4) is 0 Å². The van der Waals surface area contributed by atoms with E-state index in [9.17, 15) is 17.6 Å². The average molecular weight is 361 g/mol. The Labute approximate surface area is 144 Å². The molecule has 1 N–H and O–H groups in total. The number of ether oxygens (including phenoxy) is 1. The molecular formula is C17H23F4N3O. The molecule has 3 rings (SSSR count). The molecule has 140 valence electrons. The fourth-order valence-corrected chi connectivity index (χ4v) is 3.47. The van der Waals surface area contributed by atoms with Crippen molar-refractivity contribution < 1.29 is 22.3 Å². The van der Waals surface area contributed by atoms with Crippen molar-refractivity contribution in [3.05, 3.63) is 23.4 Å². The number of likely N-dealkylation sites (tertiary alicyclic amines) is 1. The second-order valence-corrected chi connectivity index (χ2v) is 6.84. The van der Waals surface area contributed by atoms with Crippen LogP contribution in [0.25, 0.3) is 0 Å². The normalized spacial score (nSPS) is 26.4. The molecule has 0 saturated carbocycles. The number of pyridine rings is 1. The summed E-state index contributed by atoms with van der Waals surface area (Å²) in [5.74, 6) is -5.99. The van der Waals surface area contributed by atoms with E-state index in [0.29, 0.717) is 30.1 Å². The third-order valence-electron chi connectivity index (χ3n) is 5.02. The van der Waals surface area contributed by atoms with Crippen LogP contribution in [0.1, 0.15) is 36.3 Å². The Bertz CT molecular complexity index is 602. The summed E-state index contributed by atoms with van der Waals surface area (Å²) in [5.41, 5.74) is 1.11. The van der Waals surface area contributed by atoms with Crippen LogP contribution in [-0.4, -0.2) is 55.0 Å². The smallest absolute Gasteiger partial charge is 0.257 e. The van der Waals surface area contributed by atoms with Crippen molar-refractivity contribution in [3.8, 4) is 5.88 Å². The Morgan fingerprint density at radius 3 is 2.60 bits per heavy atom. The molecule has 0 aliphatic carbocycles. The second-order valence-electron chi connectivity index (χ2n) is 6.84. The first-order chi connectivity index (χ1) is 11.8. The zero-order valence-electron chi connectivity index (χ0n) is 14.2. The van der Waals surface area contributed by atoms with E-state index in [1.54, 1.807) is 6.07 Å². The molecule has 3 heterocycles. The molecule has 0 bridgehead atoms. The number of rotatable bonds is 4. The summed E-state index contributed by atoms with van der Waals surface area (Å²) >= 11 is 0. The van der Waals surface area contributed by atoms with Gasteiger partial charge in [0, 0.05) is 63.7 Å². The molecule has 2 aliphatic rings. The molecule has 0 radical (unpaired) electrons. The van der Waals surface area contributed by atoms with E-state index in [1.807, 2.05) is 4.90 Å². The predicted molar refractivity (Wildman–Crippen MR) is 85.4 cm³/mol. The molecule has 2 saturated heterocycles. The first-order valence-electron chi connectivity index (χ1n) is 8.52. The zero-order valence-corrected chi connectivity index (χ0v) is 14.2. The van der Waals surface area contributed by atoms with Gasteiger partial charge in [-0.1, -0.05) is 0 Å². The molecule has 1 atom stereocenters. The highest BCUT2D eigenvalue weighted by Gasteiger charge is 2.42. The van der Waals surface area contributed by atoms with Gasteiger partial charge in [0.15, 0.2) is 0 Å². The Morgan fingerprint density at radius 2 is 1.96 bits per heavy atom. The van der Waals surface area contributed by atoms with Crippen molar-refractivity contribution in [2.45, 2.75) is 43.6 Å². The molecule has 1 aromatic heterocycles. The van der Waals surface area contributed by atoms with E-state index in [-0.39, 0.29) is 38.9 Å². The van der Waals surface area contributed by atoms with Crippen molar-refractivity contribution in [2.24, 2.45) is 0 Å². The van der Waals surface area contributed by atoms with Gasteiger partial charge in [0.1, 0.15) is 0 Å². The van der Waals surface area contributed by atoms with Gasteiger partial charge >= 0.3 is 0 Å². The fourth-order valence-electron chi connectivity index (χ4n) is 3.47. The standard InChI is InChI=1S/C17H23F4N3O/c1-25-15-13(11-24-6-3-16(18,19)4-7-24)8-12(9-23-15)14-10-22-5-2-17(14,20)21/h8-9,14,22H,2-7,10-11H2,1H3. The summed E-state index contributed by atoms with van der Waals surface area (Å²) in [6, 6.07) is 1.68. The van der Waals surface area contributed by atoms with Gasteiger partial charge in [-0.25, -0.2) is 22.5 Å². The minimum absolute atomic E-state index is 0.187. The van der Waals surface area contributed by atoms with Gasteiger partial charge in [-0.05, 0) is 11.6 Å². The fraction of sp³-hybridized carbons (Fsp3) is 0.706.